The SMILES string of the molecule is Cc1cc(C)c(S(=O)(=O)Nc2ccnc(C)c2)c(C)c1. The molecule has 0 aliphatic heterocycles. The third-order valence-corrected chi connectivity index (χ3v) is 4.71. The quantitative estimate of drug-likeness (QED) is 0.945. The highest BCUT2D eigenvalue weighted by molar-refractivity contribution is 7.92. The maximum Gasteiger partial charge on any atom is 0.262 e. The Hall–Kier alpha value is -1.88. The molecule has 0 aliphatic rings. The van der Waals surface area contributed by atoms with Crippen molar-refractivity contribution in [3.8, 4) is 0 Å². The van der Waals surface area contributed by atoms with Crippen molar-refractivity contribution in [1.82, 2.24) is 4.98 Å². The summed E-state index contributed by atoms with van der Waals surface area (Å²) in [5.74, 6) is 0. The number of hydrogen-bond acceptors (Lipinski definition) is 3. The summed E-state index contributed by atoms with van der Waals surface area (Å²) in [6.07, 6.45) is 1.59. The minimum Gasteiger partial charge on any atom is -0.279 e. The molecular weight excluding hydrogens is 272 g/mol. The molecule has 4 nitrogen and oxygen atoms in total. The summed E-state index contributed by atoms with van der Waals surface area (Å²) >= 11 is 0. The van der Waals surface area contributed by atoms with Crippen LogP contribution in [0.1, 0.15) is 22.4 Å². The molecule has 0 fully saturated rings. The molecule has 0 spiro atoms. The molecule has 1 heterocycles. The van der Waals surface area contributed by atoms with Crippen LogP contribution in [-0.2, 0) is 10.0 Å². The Morgan fingerprint density at radius 2 is 1.60 bits per heavy atom. The van der Waals surface area contributed by atoms with E-state index in [2.05, 4.69) is 9.71 Å². The van der Waals surface area contributed by atoms with E-state index in [1.54, 1.807) is 18.3 Å². The lowest BCUT2D eigenvalue weighted by molar-refractivity contribution is 0.600. The van der Waals surface area contributed by atoms with E-state index in [0.717, 1.165) is 22.4 Å². The van der Waals surface area contributed by atoms with Gasteiger partial charge in [-0.15, -0.1) is 0 Å². The van der Waals surface area contributed by atoms with Gasteiger partial charge in [-0.05, 0) is 51.0 Å². The van der Waals surface area contributed by atoms with Gasteiger partial charge < -0.3 is 0 Å². The molecule has 2 rings (SSSR count). The molecule has 0 radical (unpaired) electrons. The Bertz CT molecular complexity index is 729. The second kappa shape index (κ2) is 5.25. The van der Waals surface area contributed by atoms with E-state index in [-0.39, 0.29) is 0 Å². The molecule has 106 valence electrons. The smallest absolute Gasteiger partial charge is 0.262 e. The molecule has 2 aromatic rings. The number of sulfonamides is 1. The van der Waals surface area contributed by atoms with Crippen LogP contribution in [0, 0.1) is 27.7 Å². The van der Waals surface area contributed by atoms with Crippen molar-refractivity contribution in [2.75, 3.05) is 4.72 Å². The van der Waals surface area contributed by atoms with E-state index < -0.39 is 10.0 Å². The summed E-state index contributed by atoms with van der Waals surface area (Å²) in [5.41, 5.74) is 3.85. The fourth-order valence-corrected chi connectivity index (χ4v) is 3.91. The first-order valence-corrected chi connectivity index (χ1v) is 7.81. The lowest BCUT2D eigenvalue weighted by atomic mass is 10.1. The minimum absolute atomic E-state index is 0.345. The number of nitrogens with one attached hydrogen (secondary N) is 1. The van der Waals surface area contributed by atoms with Crippen LogP contribution in [0.5, 0.6) is 0 Å². The Balaban J connectivity index is 2.46. The van der Waals surface area contributed by atoms with Gasteiger partial charge in [0.05, 0.1) is 10.6 Å². The summed E-state index contributed by atoms with van der Waals surface area (Å²) in [7, 11) is -3.59. The molecule has 5 heteroatoms. The summed E-state index contributed by atoms with van der Waals surface area (Å²) in [4.78, 5) is 4.40. The number of pyridine rings is 1. The lowest BCUT2D eigenvalue weighted by Gasteiger charge is -2.14. The molecule has 0 saturated heterocycles. The van der Waals surface area contributed by atoms with Gasteiger partial charge in [0.25, 0.3) is 10.0 Å². The standard InChI is InChI=1S/C15H18N2O2S/c1-10-7-11(2)15(12(3)8-10)20(18,19)17-14-5-6-16-13(4)9-14/h5-9H,1-4H3,(H,16,17). The molecule has 0 saturated carbocycles. The molecule has 1 N–H and O–H groups in total. The molecule has 1 aromatic carbocycles. The largest absolute Gasteiger partial charge is 0.279 e. The van der Waals surface area contributed by atoms with E-state index in [1.807, 2.05) is 39.8 Å². The van der Waals surface area contributed by atoms with Crippen LogP contribution in [0.25, 0.3) is 0 Å². The monoisotopic (exact) mass is 290 g/mol. The first kappa shape index (κ1) is 14.5. The van der Waals surface area contributed by atoms with Crippen molar-refractivity contribution in [1.29, 1.82) is 0 Å². The highest BCUT2D eigenvalue weighted by atomic mass is 32.2. The fraction of sp³-hybridized carbons (Fsp3) is 0.267. The summed E-state index contributed by atoms with van der Waals surface area (Å²) in [6, 6.07) is 7.10. The van der Waals surface area contributed by atoms with Gasteiger partial charge in [-0.1, -0.05) is 17.7 Å². The van der Waals surface area contributed by atoms with E-state index >= 15 is 0 Å². The van der Waals surface area contributed by atoms with Gasteiger partial charge in [-0.2, -0.15) is 0 Å². The van der Waals surface area contributed by atoms with Gasteiger partial charge in [-0.3, -0.25) is 9.71 Å². The van der Waals surface area contributed by atoms with Crippen LogP contribution in [0.15, 0.2) is 35.4 Å². The maximum absolute atomic E-state index is 12.5. The third-order valence-electron chi connectivity index (χ3n) is 3.02. The first-order chi connectivity index (χ1) is 9.29. The second-order valence-corrected chi connectivity index (χ2v) is 6.64. The number of hydrogen-bond donors (Lipinski definition) is 1. The molecule has 0 unspecified atom stereocenters. The van der Waals surface area contributed by atoms with E-state index in [9.17, 15) is 8.42 Å². The molecule has 0 aliphatic carbocycles. The van der Waals surface area contributed by atoms with Gasteiger partial charge in [-0.25, -0.2) is 8.42 Å². The molecule has 20 heavy (non-hydrogen) atoms. The molecular formula is C15H18N2O2S. The van der Waals surface area contributed by atoms with Crippen molar-refractivity contribution in [2.24, 2.45) is 0 Å². The van der Waals surface area contributed by atoms with Crippen molar-refractivity contribution in [3.05, 3.63) is 52.8 Å². The third kappa shape index (κ3) is 2.99. The van der Waals surface area contributed by atoms with E-state index in [1.165, 1.54) is 0 Å². The number of rotatable bonds is 3. The predicted octanol–water partition coefficient (Wildman–Crippen LogP) is 3.12. The summed E-state index contributed by atoms with van der Waals surface area (Å²) in [5, 5.41) is 0. The number of benzene rings is 1. The Morgan fingerprint density at radius 1 is 1.00 bits per heavy atom. The number of aromatic nitrogens is 1. The van der Waals surface area contributed by atoms with Crippen LogP contribution < -0.4 is 4.72 Å². The number of aryl methyl sites for hydroxylation is 4. The normalized spacial score (nSPS) is 11.4. The number of anilines is 1. The topological polar surface area (TPSA) is 59.1 Å². The summed E-state index contributed by atoms with van der Waals surface area (Å²) in [6.45, 7) is 7.40. The van der Waals surface area contributed by atoms with Crippen LogP contribution in [-0.4, -0.2) is 13.4 Å². The highest BCUT2D eigenvalue weighted by Gasteiger charge is 2.20. The molecule has 0 atom stereocenters. The Labute approximate surface area is 119 Å². The van der Waals surface area contributed by atoms with Gasteiger partial charge in [0, 0.05) is 11.9 Å². The van der Waals surface area contributed by atoms with E-state index in [0.29, 0.717) is 10.6 Å². The van der Waals surface area contributed by atoms with Gasteiger partial charge in [0.1, 0.15) is 0 Å². The zero-order chi connectivity index (χ0) is 14.9. The Kier molecular flexibility index (Phi) is 3.81. The minimum atomic E-state index is -3.59. The number of nitrogens with zero attached hydrogens (tertiary/aromatic N) is 1. The molecule has 1 aromatic heterocycles. The average Bonchev–Trinajstić information content (AvgIpc) is 2.25. The van der Waals surface area contributed by atoms with E-state index in [4.69, 9.17) is 0 Å². The van der Waals surface area contributed by atoms with Gasteiger partial charge in [0.15, 0.2) is 0 Å². The van der Waals surface area contributed by atoms with Crippen molar-refractivity contribution in [2.45, 2.75) is 32.6 Å². The van der Waals surface area contributed by atoms with Crippen molar-refractivity contribution in [3.63, 3.8) is 0 Å². The first-order valence-electron chi connectivity index (χ1n) is 6.33. The maximum atomic E-state index is 12.5. The zero-order valence-corrected chi connectivity index (χ0v) is 12.9. The highest BCUT2D eigenvalue weighted by Crippen LogP contribution is 2.24. The molecule has 0 amide bonds. The van der Waals surface area contributed by atoms with Crippen molar-refractivity contribution >= 4 is 15.7 Å². The van der Waals surface area contributed by atoms with Crippen molar-refractivity contribution < 1.29 is 8.42 Å². The van der Waals surface area contributed by atoms with Crippen LogP contribution in [0.3, 0.4) is 0 Å². The molecule has 0 bridgehead atoms. The summed E-state index contributed by atoms with van der Waals surface area (Å²) < 4.78 is 27.7. The fourth-order valence-electron chi connectivity index (χ4n) is 2.41. The van der Waals surface area contributed by atoms with Gasteiger partial charge >= 0.3 is 0 Å². The van der Waals surface area contributed by atoms with Crippen LogP contribution in [0.2, 0.25) is 0 Å². The van der Waals surface area contributed by atoms with Crippen LogP contribution >= 0.6 is 0 Å². The average molecular weight is 290 g/mol. The second-order valence-electron chi connectivity index (χ2n) is 5.02. The Morgan fingerprint density at radius 3 is 2.15 bits per heavy atom. The van der Waals surface area contributed by atoms with Crippen LogP contribution in [0.4, 0.5) is 5.69 Å². The lowest BCUT2D eigenvalue weighted by Crippen LogP contribution is -2.16. The predicted molar refractivity (Wildman–Crippen MR) is 80.4 cm³/mol. The zero-order valence-electron chi connectivity index (χ0n) is 12.1. The van der Waals surface area contributed by atoms with Gasteiger partial charge in [0.2, 0.25) is 0 Å².